The predicted molar refractivity (Wildman–Crippen MR) is 148 cm³/mol. The SMILES string of the molecule is CC(C)[C@@H]1C[C@H](c2ccccc2F)CO[C@H]1c1cccc(OCC(=O)N2CCN(c3ccccc3F)CC2)c1. The molecule has 0 unspecified atom stereocenters. The first-order chi connectivity index (χ1) is 18.9. The maximum absolute atomic E-state index is 14.5. The van der Waals surface area contributed by atoms with E-state index in [0.717, 1.165) is 12.0 Å². The van der Waals surface area contributed by atoms with Crippen molar-refractivity contribution in [1.29, 1.82) is 0 Å². The Kier molecular flexibility index (Phi) is 8.46. The van der Waals surface area contributed by atoms with Crippen LogP contribution in [0.2, 0.25) is 0 Å². The number of hydrogen-bond acceptors (Lipinski definition) is 4. The van der Waals surface area contributed by atoms with Crippen LogP contribution in [-0.4, -0.2) is 50.2 Å². The van der Waals surface area contributed by atoms with Crippen LogP contribution in [0, 0.1) is 23.5 Å². The molecule has 3 aromatic rings. The van der Waals surface area contributed by atoms with Gasteiger partial charge in [-0.05, 0) is 59.7 Å². The molecule has 0 aromatic heterocycles. The number of amides is 1. The summed E-state index contributed by atoms with van der Waals surface area (Å²) in [5.41, 5.74) is 2.29. The van der Waals surface area contributed by atoms with Gasteiger partial charge in [0.25, 0.3) is 5.91 Å². The maximum atomic E-state index is 14.5. The van der Waals surface area contributed by atoms with Crippen molar-refractivity contribution in [2.24, 2.45) is 11.8 Å². The van der Waals surface area contributed by atoms with Crippen LogP contribution in [0.5, 0.6) is 5.75 Å². The molecule has 0 radical (unpaired) electrons. The number of carbonyl (C=O) groups excluding carboxylic acids is 1. The van der Waals surface area contributed by atoms with Crippen molar-refractivity contribution in [2.75, 3.05) is 44.3 Å². The van der Waals surface area contributed by atoms with E-state index < -0.39 is 0 Å². The monoisotopic (exact) mass is 534 g/mol. The molecule has 2 saturated heterocycles. The van der Waals surface area contributed by atoms with E-state index in [2.05, 4.69) is 13.8 Å². The van der Waals surface area contributed by atoms with Gasteiger partial charge in [0.15, 0.2) is 6.61 Å². The molecule has 2 heterocycles. The Morgan fingerprint density at radius 1 is 0.949 bits per heavy atom. The Hall–Kier alpha value is -3.45. The van der Waals surface area contributed by atoms with Crippen LogP contribution in [-0.2, 0) is 9.53 Å². The first-order valence-corrected chi connectivity index (χ1v) is 13.8. The Labute approximate surface area is 229 Å². The summed E-state index contributed by atoms with van der Waals surface area (Å²) in [7, 11) is 0. The number of anilines is 1. The third-order valence-corrected chi connectivity index (χ3v) is 8.00. The van der Waals surface area contributed by atoms with E-state index in [1.807, 2.05) is 47.4 Å². The van der Waals surface area contributed by atoms with E-state index in [9.17, 15) is 13.6 Å². The average Bonchev–Trinajstić information content (AvgIpc) is 2.96. The first kappa shape index (κ1) is 27.1. The average molecular weight is 535 g/mol. The molecule has 3 atom stereocenters. The van der Waals surface area contributed by atoms with Crippen LogP contribution in [0.4, 0.5) is 14.5 Å². The van der Waals surface area contributed by atoms with Gasteiger partial charge in [-0.25, -0.2) is 8.78 Å². The van der Waals surface area contributed by atoms with Gasteiger partial charge in [-0.15, -0.1) is 0 Å². The van der Waals surface area contributed by atoms with E-state index in [0.29, 0.717) is 55.7 Å². The van der Waals surface area contributed by atoms with Crippen molar-refractivity contribution in [3.63, 3.8) is 0 Å². The number of benzene rings is 3. The molecule has 206 valence electrons. The van der Waals surface area contributed by atoms with Crippen LogP contribution < -0.4 is 9.64 Å². The van der Waals surface area contributed by atoms with E-state index in [1.54, 1.807) is 23.1 Å². The van der Waals surface area contributed by atoms with Gasteiger partial charge in [-0.2, -0.15) is 0 Å². The summed E-state index contributed by atoms with van der Waals surface area (Å²) in [5, 5.41) is 0. The molecule has 0 saturated carbocycles. The molecule has 1 amide bonds. The van der Waals surface area contributed by atoms with Gasteiger partial charge in [0.2, 0.25) is 0 Å². The van der Waals surface area contributed by atoms with Crippen LogP contribution >= 0.6 is 0 Å². The molecule has 39 heavy (non-hydrogen) atoms. The number of halogens is 2. The summed E-state index contributed by atoms with van der Waals surface area (Å²) in [6, 6.07) is 21.4. The zero-order chi connectivity index (χ0) is 27.4. The number of rotatable bonds is 7. The Bertz CT molecular complexity index is 1280. The van der Waals surface area contributed by atoms with Crippen molar-refractivity contribution in [3.05, 3.63) is 95.6 Å². The fraction of sp³-hybridized carbons (Fsp3) is 0.406. The molecule has 0 bridgehead atoms. The molecule has 5 nitrogen and oxygen atoms in total. The lowest BCUT2D eigenvalue weighted by atomic mass is 9.76. The molecule has 0 spiro atoms. The quantitative estimate of drug-likeness (QED) is 0.362. The molecule has 7 heteroatoms. The van der Waals surface area contributed by atoms with Crippen LogP contribution in [0.15, 0.2) is 72.8 Å². The first-order valence-electron chi connectivity index (χ1n) is 13.8. The number of hydrogen-bond donors (Lipinski definition) is 0. The molecule has 5 rings (SSSR count). The molecule has 2 aliphatic rings. The minimum absolute atomic E-state index is 0.0192. The molecule has 0 N–H and O–H groups in total. The van der Waals surface area contributed by atoms with Crippen molar-refractivity contribution in [3.8, 4) is 5.75 Å². The predicted octanol–water partition coefficient (Wildman–Crippen LogP) is 6.21. The van der Waals surface area contributed by atoms with Crippen LogP contribution in [0.1, 0.15) is 43.4 Å². The zero-order valence-corrected chi connectivity index (χ0v) is 22.6. The summed E-state index contributed by atoms with van der Waals surface area (Å²) in [5.74, 6) is 0.685. The summed E-state index contributed by atoms with van der Waals surface area (Å²) in [6.45, 7) is 6.94. The molecular weight excluding hydrogens is 498 g/mol. The summed E-state index contributed by atoms with van der Waals surface area (Å²) in [6.07, 6.45) is 0.713. The highest BCUT2D eigenvalue weighted by atomic mass is 19.1. The lowest BCUT2D eigenvalue weighted by Gasteiger charge is -2.39. The van der Waals surface area contributed by atoms with Gasteiger partial charge in [0.05, 0.1) is 18.4 Å². The topological polar surface area (TPSA) is 42.0 Å². The van der Waals surface area contributed by atoms with Crippen molar-refractivity contribution in [2.45, 2.75) is 32.3 Å². The number of para-hydroxylation sites is 1. The van der Waals surface area contributed by atoms with Gasteiger partial charge in [0.1, 0.15) is 17.4 Å². The number of carbonyl (C=O) groups is 1. The minimum atomic E-state index is -0.245. The lowest BCUT2D eigenvalue weighted by Crippen LogP contribution is -2.50. The largest absolute Gasteiger partial charge is 0.484 e. The number of ether oxygens (including phenoxy) is 2. The zero-order valence-electron chi connectivity index (χ0n) is 22.6. The van der Waals surface area contributed by atoms with Crippen molar-refractivity contribution >= 4 is 11.6 Å². The third-order valence-electron chi connectivity index (χ3n) is 8.00. The van der Waals surface area contributed by atoms with Crippen molar-refractivity contribution < 1.29 is 23.0 Å². The maximum Gasteiger partial charge on any atom is 0.260 e. The van der Waals surface area contributed by atoms with E-state index in [4.69, 9.17) is 9.47 Å². The van der Waals surface area contributed by atoms with E-state index in [-0.39, 0.29) is 42.1 Å². The smallest absolute Gasteiger partial charge is 0.260 e. The standard InChI is InChI=1S/C32H36F2N2O3/c1-22(2)27-19-24(26-10-3-4-11-28(26)33)20-39-32(27)23-8-7-9-25(18-23)38-21-31(37)36-16-14-35(15-17-36)30-13-6-5-12-29(30)34/h3-13,18,22,24,27,32H,14-17,19-21H2,1-2H3/t24-,27-,32-/m0/s1. The molecule has 3 aromatic carbocycles. The van der Waals surface area contributed by atoms with Gasteiger partial charge in [0, 0.05) is 32.1 Å². The Balaban J connectivity index is 1.18. The number of nitrogens with zero attached hydrogens (tertiary/aromatic N) is 2. The van der Waals surface area contributed by atoms with Gasteiger partial charge >= 0.3 is 0 Å². The molecule has 2 aliphatic heterocycles. The van der Waals surface area contributed by atoms with Gasteiger partial charge < -0.3 is 19.3 Å². The fourth-order valence-corrected chi connectivity index (χ4v) is 5.77. The number of piperazine rings is 1. The van der Waals surface area contributed by atoms with Gasteiger partial charge in [-0.1, -0.05) is 56.3 Å². The van der Waals surface area contributed by atoms with E-state index in [1.165, 1.54) is 12.1 Å². The van der Waals surface area contributed by atoms with Crippen LogP contribution in [0.3, 0.4) is 0 Å². The second-order valence-electron chi connectivity index (χ2n) is 10.8. The molecule has 2 fully saturated rings. The lowest BCUT2D eigenvalue weighted by molar-refractivity contribution is -0.133. The summed E-state index contributed by atoms with van der Waals surface area (Å²) < 4.78 is 40.8. The van der Waals surface area contributed by atoms with Gasteiger partial charge in [-0.3, -0.25) is 4.79 Å². The molecular formula is C32H36F2N2O3. The Morgan fingerprint density at radius 2 is 1.67 bits per heavy atom. The fourth-order valence-electron chi connectivity index (χ4n) is 5.77. The normalized spacial score (nSPS) is 21.7. The summed E-state index contributed by atoms with van der Waals surface area (Å²) in [4.78, 5) is 16.6. The van der Waals surface area contributed by atoms with Crippen molar-refractivity contribution in [1.82, 2.24) is 4.90 Å². The van der Waals surface area contributed by atoms with E-state index >= 15 is 0 Å². The highest BCUT2D eigenvalue weighted by Crippen LogP contribution is 2.44. The highest BCUT2D eigenvalue weighted by Gasteiger charge is 2.36. The third kappa shape index (κ3) is 6.25. The van der Waals surface area contributed by atoms with Crippen LogP contribution in [0.25, 0.3) is 0 Å². The minimum Gasteiger partial charge on any atom is -0.484 e. The second-order valence-corrected chi connectivity index (χ2v) is 10.8. The molecule has 0 aliphatic carbocycles. The highest BCUT2D eigenvalue weighted by molar-refractivity contribution is 5.78. The second kappa shape index (κ2) is 12.2. The summed E-state index contributed by atoms with van der Waals surface area (Å²) >= 11 is 0. The Morgan fingerprint density at radius 3 is 2.38 bits per heavy atom.